The van der Waals surface area contributed by atoms with Crippen molar-refractivity contribution in [1.82, 2.24) is 19.8 Å². The van der Waals surface area contributed by atoms with E-state index < -0.39 is 16.1 Å². The van der Waals surface area contributed by atoms with E-state index in [1.165, 1.54) is 0 Å². The molecule has 8 heteroatoms. The van der Waals surface area contributed by atoms with Gasteiger partial charge in [0.25, 0.3) is 0 Å². The third-order valence-corrected chi connectivity index (χ3v) is 3.34. The summed E-state index contributed by atoms with van der Waals surface area (Å²) < 4.78 is 30.5. The first-order valence-corrected chi connectivity index (χ1v) is 7.97. The van der Waals surface area contributed by atoms with Crippen molar-refractivity contribution in [3.05, 3.63) is 30.4 Å². The second kappa shape index (κ2) is 5.68. The lowest BCUT2D eigenvalue weighted by atomic mass is 10.1. The highest BCUT2D eigenvalue weighted by Crippen LogP contribution is 2.23. The normalized spacial score (nSPS) is 13.6. The molecule has 2 heterocycles. The Bertz CT molecular complexity index is 667. The number of nitrogens with zero attached hydrogens (tertiary/aromatic N) is 3. The third-order valence-electron chi connectivity index (χ3n) is 2.65. The average molecular weight is 296 g/mol. The quantitative estimate of drug-likeness (QED) is 0.895. The molecule has 0 saturated carbocycles. The summed E-state index contributed by atoms with van der Waals surface area (Å²) >= 11 is 0. The molecule has 0 fully saturated rings. The fraction of sp³-hybridized carbons (Fsp3) is 0.417. The van der Waals surface area contributed by atoms with Crippen LogP contribution in [0, 0.1) is 5.92 Å². The molecule has 0 spiro atoms. The molecule has 108 valence electrons. The van der Waals surface area contributed by atoms with Gasteiger partial charge in [-0.3, -0.25) is 4.98 Å². The zero-order valence-corrected chi connectivity index (χ0v) is 12.3. The molecule has 2 aromatic rings. The first-order valence-electron chi connectivity index (χ1n) is 6.08. The molecule has 20 heavy (non-hydrogen) atoms. The summed E-state index contributed by atoms with van der Waals surface area (Å²) in [4.78, 5) is 8.17. The van der Waals surface area contributed by atoms with Gasteiger partial charge in [0.15, 0.2) is 0 Å². The lowest BCUT2D eigenvalue weighted by Crippen LogP contribution is -2.31. The Balaban J connectivity index is 2.30. The zero-order valence-electron chi connectivity index (χ0n) is 11.4. The molecule has 0 radical (unpaired) electrons. The molecular weight excluding hydrogens is 280 g/mol. The summed E-state index contributed by atoms with van der Waals surface area (Å²) in [7, 11) is -3.36. The van der Waals surface area contributed by atoms with Crippen molar-refractivity contribution in [2.75, 3.05) is 6.26 Å². The second-order valence-electron chi connectivity index (χ2n) is 4.80. The predicted octanol–water partition coefficient (Wildman–Crippen LogP) is 1.38. The Labute approximate surface area is 117 Å². The van der Waals surface area contributed by atoms with Crippen LogP contribution < -0.4 is 4.72 Å². The SMILES string of the molecule is CC(C)C(NS(C)(=O)=O)c1nc(-c2ccncc2)no1. The van der Waals surface area contributed by atoms with Gasteiger partial charge in [-0.1, -0.05) is 19.0 Å². The predicted molar refractivity (Wildman–Crippen MR) is 73.1 cm³/mol. The van der Waals surface area contributed by atoms with Gasteiger partial charge >= 0.3 is 0 Å². The summed E-state index contributed by atoms with van der Waals surface area (Å²) in [5.41, 5.74) is 0.761. The minimum atomic E-state index is -3.36. The molecule has 7 nitrogen and oxygen atoms in total. The highest BCUT2D eigenvalue weighted by Gasteiger charge is 2.25. The van der Waals surface area contributed by atoms with E-state index in [-0.39, 0.29) is 11.8 Å². The molecule has 2 rings (SSSR count). The van der Waals surface area contributed by atoms with Gasteiger partial charge in [0.1, 0.15) is 6.04 Å². The molecule has 1 N–H and O–H groups in total. The van der Waals surface area contributed by atoms with E-state index in [4.69, 9.17) is 4.52 Å². The van der Waals surface area contributed by atoms with E-state index in [0.717, 1.165) is 11.8 Å². The van der Waals surface area contributed by atoms with Crippen LogP contribution in [0.4, 0.5) is 0 Å². The number of sulfonamides is 1. The highest BCUT2D eigenvalue weighted by molar-refractivity contribution is 7.88. The lowest BCUT2D eigenvalue weighted by molar-refractivity contribution is 0.311. The van der Waals surface area contributed by atoms with Crippen LogP contribution in [0.1, 0.15) is 25.8 Å². The van der Waals surface area contributed by atoms with Crippen molar-refractivity contribution in [3.63, 3.8) is 0 Å². The minimum absolute atomic E-state index is 0.0181. The lowest BCUT2D eigenvalue weighted by Gasteiger charge is -2.16. The first-order chi connectivity index (χ1) is 9.37. The van der Waals surface area contributed by atoms with Crippen LogP contribution in [0.25, 0.3) is 11.4 Å². The van der Waals surface area contributed by atoms with Crippen LogP contribution in [0.2, 0.25) is 0 Å². The van der Waals surface area contributed by atoms with Crippen molar-refractivity contribution < 1.29 is 12.9 Å². The summed E-state index contributed by atoms with van der Waals surface area (Å²) in [5, 5.41) is 3.87. The molecule has 0 saturated heterocycles. The van der Waals surface area contributed by atoms with E-state index in [9.17, 15) is 8.42 Å². The fourth-order valence-electron chi connectivity index (χ4n) is 1.68. The monoisotopic (exact) mass is 296 g/mol. The van der Waals surface area contributed by atoms with Crippen LogP contribution in [-0.2, 0) is 10.0 Å². The Morgan fingerprint density at radius 3 is 2.45 bits per heavy atom. The number of aromatic nitrogens is 3. The van der Waals surface area contributed by atoms with Gasteiger partial charge in [0.05, 0.1) is 6.26 Å². The summed E-state index contributed by atoms with van der Waals surface area (Å²) in [6, 6.07) is 2.96. The Morgan fingerprint density at radius 1 is 1.25 bits per heavy atom. The number of nitrogens with one attached hydrogen (secondary N) is 1. The van der Waals surface area contributed by atoms with Crippen molar-refractivity contribution in [3.8, 4) is 11.4 Å². The molecular formula is C12H16N4O3S. The summed E-state index contributed by atoms with van der Waals surface area (Å²) in [5.74, 6) is 0.635. The smallest absolute Gasteiger partial charge is 0.245 e. The molecule has 2 aromatic heterocycles. The van der Waals surface area contributed by atoms with E-state index in [2.05, 4.69) is 19.8 Å². The largest absolute Gasteiger partial charge is 0.337 e. The van der Waals surface area contributed by atoms with Gasteiger partial charge in [-0.15, -0.1) is 0 Å². The second-order valence-corrected chi connectivity index (χ2v) is 6.58. The van der Waals surface area contributed by atoms with Crippen LogP contribution in [0.5, 0.6) is 0 Å². The van der Waals surface area contributed by atoms with Crippen LogP contribution in [-0.4, -0.2) is 29.8 Å². The molecule has 0 aliphatic rings. The Kier molecular flexibility index (Phi) is 4.15. The first kappa shape index (κ1) is 14.6. The number of hydrogen-bond acceptors (Lipinski definition) is 6. The Hall–Kier alpha value is -1.80. The molecule has 1 unspecified atom stereocenters. The van der Waals surface area contributed by atoms with Crippen molar-refractivity contribution >= 4 is 10.0 Å². The molecule has 0 bridgehead atoms. The average Bonchev–Trinajstić information content (AvgIpc) is 2.85. The van der Waals surface area contributed by atoms with E-state index in [1.807, 2.05) is 13.8 Å². The fourth-order valence-corrected chi connectivity index (χ4v) is 2.52. The maximum Gasteiger partial charge on any atom is 0.245 e. The van der Waals surface area contributed by atoms with Gasteiger partial charge in [-0.2, -0.15) is 4.98 Å². The number of hydrogen-bond donors (Lipinski definition) is 1. The van der Waals surface area contributed by atoms with Gasteiger partial charge in [-0.25, -0.2) is 13.1 Å². The van der Waals surface area contributed by atoms with Gasteiger partial charge in [0.2, 0.25) is 21.7 Å². The number of rotatable bonds is 5. The van der Waals surface area contributed by atoms with Gasteiger partial charge in [-0.05, 0) is 18.1 Å². The topological polar surface area (TPSA) is 98.0 Å². The maximum atomic E-state index is 11.4. The summed E-state index contributed by atoms with van der Waals surface area (Å²) in [6.45, 7) is 3.75. The molecule has 0 aliphatic carbocycles. The maximum absolute atomic E-state index is 11.4. The van der Waals surface area contributed by atoms with Gasteiger partial charge < -0.3 is 4.52 Å². The van der Waals surface area contributed by atoms with E-state index >= 15 is 0 Å². The Morgan fingerprint density at radius 2 is 1.90 bits per heavy atom. The van der Waals surface area contributed by atoms with Crippen molar-refractivity contribution in [1.29, 1.82) is 0 Å². The number of pyridine rings is 1. The van der Waals surface area contributed by atoms with E-state index in [0.29, 0.717) is 5.82 Å². The molecule has 1 atom stereocenters. The van der Waals surface area contributed by atoms with Crippen LogP contribution >= 0.6 is 0 Å². The van der Waals surface area contributed by atoms with Gasteiger partial charge in [0, 0.05) is 18.0 Å². The van der Waals surface area contributed by atoms with Crippen LogP contribution in [0.3, 0.4) is 0 Å². The minimum Gasteiger partial charge on any atom is -0.337 e. The molecule has 0 aromatic carbocycles. The van der Waals surface area contributed by atoms with Crippen LogP contribution in [0.15, 0.2) is 29.0 Å². The van der Waals surface area contributed by atoms with Crippen molar-refractivity contribution in [2.45, 2.75) is 19.9 Å². The van der Waals surface area contributed by atoms with Crippen molar-refractivity contribution in [2.24, 2.45) is 5.92 Å². The molecule has 0 amide bonds. The molecule has 0 aliphatic heterocycles. The van der Waals surface area contributed by atoms with E-state index in [1.54, 1.807) is 24.5 Å². The zero-order chi connectivity index (χ0) is 14.8. The standard InChI is InChI=1S/C12H16N4O3S/c1-8(2)10(16-20(3,17)18)12-14-11(15-19-12)9-4-6-13-7-5-9/h4-8,10,16H,1-3H3. The summed E-state index contributed by atoms with van der Waals surface area (Å²) in [6.07, 6.45) is 4.35. The highest BCUT2D eigenvalue weighted by atomic mass is 32.2. The third kappa shape index (κ3) is 3.61.